The molecule has 0 fully saturated rings. The van der Waals surface area contributed by atoms with Gasteiger partial charge in [0.25, 0.3) is 0 Å². The molecule has 1 aliphatic carbocycles. The molecule has 2 N–H and O–H groups in total. The Balaban J connectivity index is 1.68. The molecule has 3 heterocycles. The maximum absolute atomic E-state index is 14.1. The van der Waals surface area contributed by atoms with E-state index in [1.807, 2.05) is 87.9 Å². The van der Waals surface area contributed by atoms with Crippen LogP contribution in [0.4, 0.5) is 5.69 Å². The van der Waals surface area contributed by atoms with Gasteiger partial charge in [-0.15, -0.1) is 0 Å². The van der Waals surface area contributed by atoms with Crippen molar-refractivity contribution in [2.45, 2.75) is 39.5 Å². The molecule has 0 saturated carbocycles. The topological polar surface area (TPSA) is 106 Å². The summed E-state index contributed by atoms with van der Waals surface area (Å²) in [5.41, 5.74) is 11.6. The highest BCUT2D eigenvalue weighted by Gasteiger charge is 2.46. The fourth-order valence-electron chi connectivity index (χ4n) is 5.92. The van der Waals surface area contributed by atoms with Crippen molar-refractivity contribution >= 4 is 11.5 Å². The molecule has 0 radical (unpaired) electrons. The molecule has 2 aliphatic rings. The summed E-state index contributed by atoms with van der Waals surface area (Å²) in [5, 5.41) is 15.5. The molecule has 4 aromatic rings. The lowest BCUT2D eigenvalue weighted by Crippen LogP contribution is -2.42. The predicted octanol–water partition coefficient (Wildman–Crippen LogP) is 5.31. The minimum atomic E-state index is -0.663. The first-order valence-corrected chi connectivity index (χ1v) is 12.9. The number of carbonyl (C=O) groups excluding carboxylic acids is 1. The summed E-state index contributed by atoms with van der Waals surface area (Å²) in [6, 6.07) is 21.9. The molecular formula is C31H29N7O. The van der Waals surface area contributed by atoms with Gasteiger partial charge in [-0.2, -0.15) is 10.4 Å². The molecule has 194 valence electrons. The van der Waals surface area contributed by atoms with E-state index in [0.29, 0.717) is 35.5 Å². The number of hydrogen-bond acceptors (Lipinski definition) is 6. The second kappa shape index (κ2) is 9.14. The first kappa shape index (κ1) is 24.4. The molecule has 1 atom stereocenters. The Labute approximate surface area is 227 Å². The largest absolute Gasteiger partial charge is 0.384 e. The van der Waals surface area contributed by atoms with Gasteiger partial charge in [0.1, 0.15) is 18.0 Å². The van der Waals surface area contributed by atoms with Crippen molar-refractivity contribution in [1.82, 2.24) is 19.3 Å². The zero-order chi connectivity index (χ0) is 27.3. The Kier molecular flexibility index (Phi) is 5.72. The van der Waals surface area contributed by atoms with Gasteiger partial charge in [0.2, 0.25) is 0 Å². The molecule has 0 spiro atoms. The van der Waals surface area contributed by atoms with Gasteiger partial charge in [-0.1, -0.05) is 50.2 Å². The van der Waals surface area contributed by atoms with Gasteiger partial charge in [-0.05, 0) is 43.0 Å². The van der Waals surface area contributed by atoms with E-state index in [-0.39, 0.29) is 11.2 Å². The van der Waals surface area contributed by atoms with Crippen LogP contribution in [0.2, 0.25) is 0 Å². The van der Waals surface area contributed by atoms with Gasteiger partial charge in [0.15, 0.2) is 5.78 Å². The van der Waals surface area contributed by atoms with E-state index in [0.717, 1.165) is 28.5 Å². The number of hydrogen-bond donors (Lipinski definition) is 1. The van der Waals surface area contributed by atoms with Crippen molar-refractivity contribution in [3.63, 3.8) is 0 Å². The summed E-state index contributed by atoms with van der Waals surface area (Å²) in [6.45, 7) is 6.12. The first-order valence-electron chi connectivity index (χ1n) is 12.9. The molecular weight excluding hydrogens is 486 g/mol. The molecule has 6 rings (SSSR count). The van der Waals surface area contributed by atoms with E-state index in [2.05, 4.69) is 24.9 Å². The monoisotopic (exact) mass is 515 g/mol. The number of carbonyl (C=O) groups is 1. The van der Waals surface area contributed by atoms with Crippen LogP contribution in [0.5, 0.6) is 0 Å². The summed E-state index contributed by atoms with van der Waals surface area (Å²) in [5.74, 6) is 0.417. The summed E-state index contributed by atoms with van der Waals surface area (Å²) >= 11 is 0. The number of allylic oxidation sites excluding steroid dienone is 3. The van der Waals surface area contributed by atoms with E-state index in [9.17, 15) is 10.1 Å². The SMILES string of the molecule is Cc1nn(-c2ccccc2)c(-n2ccnc2)c1C1C(C#N)=C(N)N(c2ccccc2)C2=C1C(=O)CC(C)(C)C2. The van der Waals surface area contributed by atoms with Crippen molar-refractivity contribution in [2.75, 3.05) is 4.90 Å². The molecule has 1 unspecified atom stereocenters. The molecule has 1 aliphatic heterocycles. The van der Waals surface area contributed by atoms with Crippen LogP contribution >= 0.6 is 0 Å². The fraction of sp³-hybridized carbons (Fsp3) is 0.226. The minimum absolute atomic E-state index is 0.0240. The number of ketones is 1. The summed E-state index contributed by atoms with van der Waals surface area (Å²) in [6.07, 6.45) is 6.28. The average Bonchev–Trinajstić information content (AvgIpc) is 3.56. The van der Waals surface area contributed by atoms with Crippen LogP contribution in [0.3, 0.4) is 0 Å². The lowest BCUT2D eigenvalue weighted by atomic mass is 9.68. The Hall–Kier alpha value is -4.90. The Morgan fingerprint density at radius 3 is 2.31 bits per heavy atom. The van der Waals surface area contributed by atoms with Crippen LogP contribution in [0.15, 0.2) is 102 Å². The van der Waals surface area contributed by atoms with Gasteiger partial charge in [0, 0.05) is 41.3 Å². The van der Waals surface area contributed by atoms with Crippen LogP contribution in [0.25, 0.3) is 11.5 Å². The Morgan fingerprint density at radius 1 is 1.03 bits per heavy atom. The number of nitriles is 1. The number of aromatic nitrogens is 4. The Morgan fingerprint density at radius 2 is 1.69 bits per heavy atom. The predicted molar refractivity (Wildman–Crippen MR) is 149 cm³/mol. The number of Topliss-reactive ketones (excluding diaryl/α,β-unsaturated/α-hetero) is 1. The average molecular weight is 516 g/mol. The molecule has 39 heavy (non-hydrogen) atoms. The number of rotatable bonds is 4. The lowest BCUT2D eigenvalue weighted by molar-refractivity contribution is -0.118. The standard InChI is InChI=1S/C31H29N7O/c1-20-26(30(36-15-14-34-19-36)38(35-20)22-12-8-5-9-13-22)27-23(18-32)29(33)37(21-10-6-4-7-11-21)24-16-31(2,3)17-25(39)28(24)27/h4-15,19,27H,16-17,33H2,1-3H3. The van der Waals surface area contributed by atoms with E-state index >= 15 is 0 Å². The van der Waals surface area contributed by atoms with Gasteiger partial charge in [-0.25, -0.2) is 9.67 Å². The third-order valence-electron chi connectivity index (χ3n) is 7.52. The minimum Gasteiger partial charge on any atom is -0.384 e. The highest BCUT2D eigenvalue weighted by atomic mass is 16.1. The van der Waals surface area contributed by atoms with Gasteiger partial charge < -0.3 is 5.73 Å². The zero-order valence-electron chi connectivity index (χ0n) is 22.2. The molecule has 0 bridgehead atoms. The second-order valence-electron chi connectivity index (χ2n) is 10.9. The van der Waals surface area contributed by atoms with Crippen LogP contribution < -0.4 is 10.6 Å². The van der Waals surface area contributed by atoms with Crippen molar-refractivity contribution < 1.29 is 4.79 Å². The van der Waals surface area contributed by atoms with E-state index in [1.165, 1.54) is 0 Å². The maximum atomic E-state index is 14.1. The number of nitrogens with two attached hydrogens (primary N) is 1. The van der Waals surface area contributed by atoms with Crippen LogP contribution in [0.1, 0.15) is 43.9 Å². The summed E-state index contributed by atoms with van der Waals surface area (Å²) in [7, 11) is 0. The van der Waals surface area contributed by atoms with Crippen LogP contribution in [0, 0.1) is 23.7 Å². The molecule has 2 aromatic carbocycles. The number of aryl methyl sites for hydroxylation is 1. The van der Waals surface area contributed by atoms with Crippen molar-refractivity contribution in [3.8, 4) is 17.6 Å². The third kappa shape index (κ3) is 3.94. The van der Waals surface area contributed by atoms with Crippen LogP contribution in [-0.2, 0) is 4.79 Å². The highest BCUT2D eigenvalue weighted by molar-refractivity contribution is 6.02. The molecule has 8 nitrogen and oxygen atoms in total. The van der Waals surface area contributed by atoms with Crippen molar-refractivity contribution in [1.29, 1.82) is 5.26 Å². The number of benzene rings is 2. The fourth-order valence-corrected chi connectivity index (χ4v) is 5.92. The van der Waals surface area contributed by atoms with Gasteiger partial charge in [-0.3, -0.25) is 14.3 Å². The quantitative estimate of drug-likeness (QED) is 0.395. The molecule has 2 aromatic heterocycles. The maximum Gasteiger partial charge on any atom is 0.162 e. The van der Waals surface area contributed by atoms with Crippen molar-refractivity contribution in [2.24, 2.45) is 11.1 Å². The highest BCUT2D eigenvalue weighted by Crippen LogP contribution is 2.51. The lowest BCUT2D eigenvalue weighted by Gasteiger charge is -2.43. The molecule has 8 heteroatoms. The molecule has 0 amide bonds. The number of para-hydroxylation sites is 2. The second-order valence-corrected chi connectivity index (χ2v) is 10.9. The van der Waals surface area contributed by atoms with Crippen LogP contribution in [-0.4, -0.2) is 25.1 Å². The first-order chi connectivity index (χ1) is 18.8. The van der Waals surface area contributed by atoms with E-state index in [4.69, 9.17) is 10.8 Å². The third-order valence-corrected chi connectivity index (χ3v) is 7.52. The number of imidazole rings is 1. The Bertz CT molecular complexity index is 1670. The van der Waals surface area contributed by atoms with Gasteiger partial charge in [0.05, 0.1) is 28.9 Å². The van der Waals surface area contributed by atoms with E-state index < -0.39 is 5.92 Å². The van der Waals surface area contributed by atoms with Crippen molar-refractivity contribution in [3.05, 3.63) is 113 Å². The normalized spacial score (nSPS) is 18.8. The zero-order valence-corrected chi connectivity index (χ0v) is 22.2. The van der Waals surface area contributed by atoms with Gasteiger partial charge >= 0.3 is 0 Å². The smallest absolute Gasteiger partial charge is 0.162 e. The summed E-state index contributed by atoms with van der Waals surface area (Å²) in [4.78, 5) is 20.2. The number of anilines is 1. The van der Waals surface area contributed by atoms with E-state index in [1.54, 1.807) is 12.5 Å². The summed E-state index contributed by atoms with van der Waals surface area (Å²) < 4.78 is 3.73. The number of nitrogens with zero attached hydrogens (tertiary/aromatic N) is 6. The molecule has 0 saturated heterocycles.